The molecule has 1 fully saturated rings. The molecule has 1 atom stereocenters. The molecule has 17 heavy (non-hydrogen) atoms. The minimum absolute atomic E-state index is 0.560. The Morgan fingerprint density at radius 3 is 2.53 bits per heavy atom. The van der Waals surface area contributed by atoms with Crippen molar-refractivity contribution in [1.82, 2.24) is 0 Å². The lowest BCUT2D eigenvalue weighted by Gasteiger charge is -2.16. The first-order chi connectivity index (χ1) is 8.15. The third-order valence-electron chi connectivity index (χ3n) is 3.79. The predicted octanol–water partition coefficient (Wildman–Crippen LogP) is 4.69. The third kappa shape index (κ3) is 3.12. The highest BCUT2D eigenvalue weighted by Gasteiger charge is 2.24. The lowest BCUT2D eigenvalue weighted by molar-refractivity contribution is 0.369. The Balaban J connectivity index is 3.21. The first-order valence-electron chi connectivity index (χ1n) is 6.63. The lowest BCUT2D eigenvalue weighted by atomic mass is 9.95. The SMILES string of the molecule is CC/C(C)=C(CC)/C(OC#N)=C1/CCCC1C. The minimum atomic E-state index is 0.560. The maximum absolute atomic E-state index is 8.85. The molecule has 1 aliphatic carbocycles. The van der Waals surface area contributed by atoms with Gasteiger partial charge in [0.05, 0.1) is 0 Å². The summed E-state index contributed by atoms with van der Waals surface area (Å²) >= 11 is 0. The van der Waals surface area contributed by atoms with Crippen molar-refractivity contribution >= 4 is 0 Å². The van der Waals surface area contributed by atoms with Crippen molar-refractivity contribution in [2.75, 3.05) is 0 Å². The van der Waals surface area contributed by atoms with Gasteiger partial charge in [-0.05, 0) is 56.1 Å². The summed E-state index contributed by atoms with van der Waals surface area (Å²) in [5.41, 5.74) is 3.92. The Hall–Kier alpha value is -1.23. The molecule has 1 rings (SSSR count). The van der Waals surface area contributed by atoms with Crippen LogP contribution in [0.25, 0.3) is 0 Å². The van der Waals surface area contributed by atoms with Crippen LogP contribution in [-0.2, 0) is 4.74 Å². The summed E-state index contributed by atoms with van der Waals surface area (Å²) in [7, 11) is 0. The van der Waals surface area contributed by atoms with Crippen molar-refractivity contribution in [2.24, 2.45) is 5.92 Å². The van der Waals surface area contributed by atoms with Gasteiger partial charge in [-0.2, -0.15) is 0 Å². The van der Waals surface area contributed by atoms with Gasteiger partial charge in [0, 0.05) is 0 Å². The van der Waals surface area contributed by atoms with Gasteiger partial charge >= 0.3 is 0 Å². The molecule has 1 aliphatic rings. The van der Waals surface area contributed by atoms with Crippen molar-refractivity contribution in [1.29, 1.82) is 5.26 Å². The molecule has 0 N–H and O–H groups in total. The van der Waals surface area contributed by atoms with Gasteiger partial charge in [0.15, 0.2) is 0 Å². The Bertz CT molecular complexity index is 371. The average molecular weight is 233 g/mol. The first-order valence-corrected chi connectivity index (χ1v) is 6.63. The largest absolute Gasteiger partial charge is 0.388 e. The molecule has 0 aromatic carbocycles. The van der Waals surface area contributed by atoms with E-state index in [0.717, 1.165) is 25.0 Å². The van der Waals surface area contributed by atoms with Gasteiger partial charge in [-0.25, -0.2) is 0 Å². The van der Waals surface area contributed by atoms with Crippen LogP contribution in [0, 0.1) is 17.4 Å². The van der Waals surface area contributed by atoms with E-state index in [9.17, 15) is 0 Å². The highest BCUT2D eigenvalue weighted by Crippen LogP contribution is 2.37. The van der Waals surface area contributed by atoms with Gasteiger partial charge in [0.25, 0.3) is 6.26 Å². The zero-order valence-corrected chi connectivity index (χ0v) is 11.5. The van der Waals surface area contributed by atoms with E-state index in [4.69, 9.17) is 10.00 Å². The van der Waals surface area contributed by atoms with Gasteiger partial charge in [-0.1, -0.05) is 26.3 Å². The molecular weight excluding hydrogens is 210 g/mol. The van der Waals surface area contributed by atoms with Gasteiger partial charge in [0.1, 0.15) is 5.76 Å². The molecule has 0 saturated heterocycles. The molecule has 2 heteroatoms. The van der Waals surface area contributed by atoms with Gasteiger partial charge < -0.3 is 4.74 Å². The van der Waals surface area contributed by atoms with E-state index in [1.54, 1.807) is 0 Å². The average Bonchev–Trinajstić information content (AvgIpc) is 2.74. The van der Waals surface area contributed by atoms with Crippen molar-refractivity contribution in [3.8, 4) is 6.26 Å². The van der Waals surface area contributed by atoms with E-state index < -0.39 is 0 Å². The molecule has 0 bridgehead atoms. The van der Waals surface area contributed by atoms with E-state index in [2.05, 4.69) is 27.7 Å². The lowest BCUT2D eigenvalue weighted by Crippen LogP contribution is -2.03. The van der Waals surface area contributed by atoms with Crippen LogP contribution in [0.15, 0.2) is 22.5 Å². The van der Waals surface area contributed by atoms with Crippen LogP contribution in [0.1, 0.15) is 59.8 Å². The Kier molecular flexibility index (Phi) is 5.28. The van der Waals surface area contributed by atoms with E-state index >= 15 is 0 Å². The summed E-state index contributed by atoms with van der Waals surface area (Å²) in [6, 6.07) is 0. The molecular formula is C15H23NO. The number of hydrogen-bond acceptors (Lipinski definition) is 2. The number of nitrogens with zero attached hydrogens (tertiary/aromatic N) is 1. The summed E-state index contributed by atoms with van der Waals surface area (Å²) < 4.78 is 5.30. The van der Waals surface area contributed by atoms with Crippen molar-refractivity contribution < 1.29 is 4.74 Å². The molecule has 0 radical (unpaired) electrons. The van der Waals surface area contributed by atoms with Crippen molar-refractivity contribution in [3.05, 3.63) is 22.5 Å². The zero-order valence-electron chi connectivity index (χ0n) is 11.5. The summed E-state index contributed by atoms with van der Waals surface area (Å²) in [5, 5.41) is 8.85. The summed E-state index contributed by atoms with van der Waals surface area (Å²) in [6.07, 6.45) is 7.34. The fourth-order valence-corrected chi connectivity index (χ4v) is 2.59. The number of nitriles is 1. The fourth-order valence-electron chi connectivity index (χ4n) is 2.59. The number of rotatable bonds is 4. The van der Waals surface area contributed by atoms with Crippen LogP contribution < -0.4 is 0 Å². The molecule has 0 heterocycles. The second-order valence-electron chi connectivity index (χ2n) is 4.81. The van der Waals surface area contributed by atoms with E-state index in [1.165, 1.54) is 29.6 Å². The maximum Gasteiger partial charge on any atom is 0.292 e. The summed E-state index contributed by atoms with van der Waals surface area (Å²) in [6.45, 7) is 8.66. The van der Waals surface area contributed by atoms with E-state index in [1.807, 2.05) is 6.26 Å². The molecule has 1 saturated carbocycles. The third-order valence-corrected chi connectivity index (χ3v) is 3.79. The van der Waals surface area contributed by atoms with Gasteiger partial charge in [0.2, 0.25) is 0 Å². The van der Waals surface area contributed by atoms with Crippen LogP contribution in [0.5, 0.6) is 0 Å². The van der Waals surface area contributed by atoms with Crippen LogP contribution in [0.4, 0.5) is 0 Å². The van der Waals surface area contributed by atoms with E-state index in [0.29, 0.717) is 5.92 Å². The normalized spacial score (nSPS) is 24.1. The zero-order chi connectivity index (χ0) is 12.8. The van der Waals surface area contributed by atoms with Crippen LogP contribution in [0.3, 0.4) is 0 Å². The van der Waals surface area contributed by atoms with Crippen molar-refractivity contribution in [3.63, 3.8) is 0 Å². The summed E-state index contributed by atoms with van der Waals surface area (Å²) in [4.78, 5) is 0. The Morgan fingerprint density at radius 1 is 1.41 bits per heavy atom. The van der Waals surface area contributed by atoms with Crippen LogP contribution >= 0.6 is 0 Å². The molecule has 0 aromatic rings. The summed E-state index contributed by atoms with van der Waals surface area (Å²) in [5.74, 6) is 1.43. The number of ether oxygens (including phenoxy) is 1. The molecule has 2 nitrogen and oxygen atoms in total. The van der Waals surface area contributed by atoms with Crippen molar-refractivity contribution in [2.45, 2.75) is 59.8 Å². The second kappa shape index (κ2) is 6.49. The molecule has 0 amide bonds. The quantitative estimate of drug-likeness (QED) is 0.521. The highest BCUT2D eigenvalue weighted by atomic mass is 16.5. The number of allylic oxidation sites excluding steroid dienone is 3. The molecule has 0 spiro atoms. The first kappa shape index (κ1) is 13.8. The molecule has 0 aromatic heterocycles. The van der Waals surface area contributed by atoms with Gasteiger partial charge in [-0.3, -0.25) is 0 Å². The fraction of sp³-hybridized carbons (Fsp3) is 0.667. The smallest absolute Gasteiger partial charge is 0.292 e. The molecule has 0 aliphatic heterocycles. The number of hydrogen-bond donors (Lipinski definition) is 0. The van der Waals surface area contributed by atoms with Crippen LogP contribution in [0.2, 0.25) is 0 Å². The van der Waals surface area contributed by atoms with Crippen LogP contribution in [-0.4, -0.2) is 0 Å². The molecule has 1 unspecified atom stereocenters. The maximum atomic E-state index is 8.85. The predicted molar refractivity (Wildman–Crippen MR) is 70.0 cm³/mol. The minimum Gasteiger partial charge on any atom is -0.388 e. The Morgan fingerprint density at radius 2 is 2.12 bits per heavy atom. The topological polar surface area (TPSA) is 33.0 Å². The monoisotopic (exact) mass is 233 g/mol. The van der Waals surface area contributed by atoms with E-state index in [-0.39, 0.29) is 0 Å². The van der Waals surface area contributed by atoms with Gasteiger partial charge in [-0.15, -0.1) is 5.26 Å². The standard InChI is InChI=1S/C15H23NO/c1-5-11(3)13(6-2)15(17-10-16)14-9-7-8-12(14)4/h12H,5-9H2,1-4H3/b13-11+,15-14+. The Labute approximate surface area is 105 Å². The molecule has 94 valence electrons. The highest BCUT2D eigenvalue weighted by molar-refractivity contribution is 5.36. The second-order valence-corrected chi connectivity index (χ2v) is 4.81.